The number of benzene rings is 3. The number of methoxy groups -OCH3 is 2. The molecular weight excluding hydrogens is 484 g/mol. The first kappa shape index (κ1) is 26.6. The first-order valence-electron chi connectivity index (χ1n) is 11.1. The van der Waals surface area contributed by atoms with E-state index < -0.39 is 28.4 Å². The lowest BCUT2D eigenvalue weighted by Crippen LogP contribution is -2.38. The summed E-state index contributed by atoms with van der Waals surface area (Å²) in [6.07, 6.45) is 0. The quantitative estimate of drug-likeness (QED) is 0.409. The van der Waals surface area contributed by atoms with E-state index in [2.05, 4.69) is 5.32 Å². The summed E-state index contributed by atoms with van der Waals surface area (Å²) < 4.78 is 44.0. The van der Waals surface area contributed by atoms with Gasteiger partial charge >= 0.3 is 5.97 Å². The fourth-order valence-electron chi connectivity index (χ4n) is 3.40. The highest BCUT2D eigenvalue weighted by atomic mass is 32.2. The number of sulfonamides is 1. The van der Waals surface area contributed by atoms with Crippen molar-refractivity contribution in [2.45, 2.75) is 18.7 Å². The van der Waals surface area contributed by atoms with Crippen LogP contribution in [-0.4, -0.2) is 47.7 Å². The SMILES string of the molecule is CCOC(=O)c1cccc(NC(=O)CN(c2cc(OC)ccc2OC)S(=O)(=O)c2ccc(C)cc2)c1. The van der Waals surface area contributed by atoms with Gasteiger partial charge in [-0.25, -0.2) is 13.2 Å². The predicted molar refractivity (Wildman–Crippen MR) is 136 cm³/mol. The minimum atomic E-state index is -4.18. The van der Waals surface area contributed by atoms with Gasteiger partial charge in [-0.15, -0.1) is 0 Å². The lowest BCUT2D eigenvalue weighted by Gasteiger charge is -2.26. The van der Waals surface area contributed by atoms with Crippen molar-refractivity contribution in [3.05, 3.63) is 77.9 Å². The average Bonchev–Trinajstić information content (AvgIpc) is 2.87. The summed E-state index contributed by atoms with van der Waals surface area (Å²) in [7, 11) is -1.32. The fourth-order valence-corrected chi connectivity index (χ4v) is 4.82. The molecule has 0 heterocycles. The molecule has 0 spiro atoms. The van der Waals surface area contributed by atoms with Gasteiger partial charge in [-0.3, -0.25) is 9.10 Å². The maximum absolute atomic E-state index is 13.7. The van der Waals surface area contributed by atoms with Crippen LogP contribution >= 0.6 is 0 Å². The molecule has 0 aromatic heterocycles. The lowest BCUT2D eigenvalue weighted by molar-refractivity contribution is -0.114. The van der Waals surface area contributed by atoms with Gasteiger partial charge in [-0.1, -0.05) is 23.8 Å². The van der Waals surface area contributed by atoms with Gasteiger partial charge < -0.3 is 19.5 Å². The number of hydrogen-bond donors (Lipinski definition) is 1. The first-order valence-corrected chi connectivity index (χ1v) is 12.5. The Kier molecular flexibility index (Phi) is 8.55. The molecule has 36 heavy (non-hydrogen) atoms. The summed E-state index contributed by atoms with van der Waals surface area (Å²) in [6.45, 7) is 3.18. The summed E-state index contributed by atoms with van der Waals surface area (Å²) in [5.41, 5.74) is 1.59. The van der Waals surface area contributed by atoms with E-state index in [1.807, 2.05) is 6.92 Å². The Morgan fingerprint density at radius 1 is 0.944 bits per heavy atom. The summed E-state index contributed by atoms with van der Waals surface area (Å²) in [6, 6.07) is 17.2. The van der Waals surface area contributed by atoms with Crippen molar-refractivity contribution in [3.63, 3.8) is 0 Å². The molecule has 0 bridgehead atoms. The number of carbonyl (C=O) groups excluding carboxylic acids is 2. The van der Waals surface area contributed by atoms with Gasteiger partial charge in [0.1, 0.15) is 18.0 Å². The number of nitrogens with one attached hydrogen (secondary N) is 1. The number of esters is 1. The van der Waals surface area contributed by atoms with Gasteiger partial charge in [0.05, 0.1) is 37.0 Å². The van der Waals surface area contributed by atoms with E-state index in [-0.39, 0.29) is 28.5 Å². The Balaban J connectivity index is 1.99. The van der Waals surface area contributed by atoms with Crippen molar-refractivity contribution < 1.29 is 32.2 Å². The zero-order chi connectivity index (χ0) is 26.3. The molecule has 0 unspecified atom stereocenters. The van der Waals surface area contributed by atoms with Crippen LogP contribution in [0.15, 0.2) is 71.6 Å². The van der Waals surface area contributed by atoms with Crippen molar-refractivity contribution in [1.82, 2.24) is 0 Å². The highest BCUT2D eigenvalue weighted by Crippen LogP contribution is 2.35. The summed E-state index contributed by atoms with van der Waals surface area (Å²) in [4.78, 5) is 25.1. The number of hydrogen-bond acceptors (Lipinski definition) is 7. The summed E-state index contributed by atoms with van der Waals surface area (Å²) >= 11 is 0. The molecule has 0 aliphatic carbocycles. The van der Waals surface area contributed by atoms with Gasteiger partial charge in [0.25, 0.3) is 10.0 Å². The van der Waals surface area contributed by atoms with Crippen LogP contribution in [0.25, 0.3) is 0 Å². The third kappa shape index (κ3) is 6.14. The van der Waals surface area contributed by atoms with Gasteiger partial charge in [0, 0.05) is 11.8 Å². The smallest absolute Gasteiger partial charge is 0.338 e. The van der Waals surface area contributed by atoms with Crippen molar-refractivity contribution in [2.24, 2.45) is 0 Å². The lowest BCUT2D eigenvalue weighted by atomic mass is 10.2. The van der Waals surface area contributed by atoms with Crippen molar-refractivity contribution in [3.8, 4) is 11.5 Å². The third-order valence-corrected chi connectivity index (χ3v) is 6.98. The molecule has 0 atom stereocenters. The van der Waals surface area contributed by atoms with E-state index in [9.17, 15) is 18.0 Å². The molecule has 9 nitrogen and oxygen atoms in total. The normalized spacial score (nSPS) is 10.9. The maximum atomic E-state index is 13.7. The molecule has 0 saturated heterocycles. The minimum Gasteiger partial charge on any atom is -0.497 e. The number of anilines is 2. The Bertz CT molecular complexity index is 1340. The van der Waals surface area contributed by atoms with E-state index in [0.29, 0.717) is 11.4 Å². The van der Waals surface area contributed by atoms with Crippen LogP contribution in [0.5, 0.6) is 11.5 Å². The zero-order valence-electron chi connectivity index (χ0n) is 20.5. The molecule has 0 fully saturated rings. The largest absolute Gasteiger partial charge is 0.497 e. The molecule has 0 radical (unpaired) electrons. The Labute approximate surface area is 210 Å². The van der Waals surface area contributed by atoms with E-state index in [4.69, 9.17) is 14.2 Å². The molecule has 0 saturated carbocycles. The number of rotatable bonds is 10. The minimum absolute atomic E-state index is 0.00933. The molecular formula is C26H28N2O7S. The Hall–Kier alpha value is -4.05. The Morgan fingerprint density at radius 2 is 1.67 bits per heavy atom. The van der Waals surface area contributed by atoms with E-state index in [1.165, 1.54) is 38.5 Å². The van der Waals surface area contributed by atoms with Crippen LogP contribution in [0.2, 0.25) is 0 Å². The monoisotopic (exact) mass is 512 g/mol. The van der Waals surface area contributed by atoms with E-state index in [0.717, 1.165) is 9.87 Å². The molecule has 3 aromatic rings. The van der Waals surface area contributed by atoms with Gasteiger partial charge in [0.15, 0.2) is 0 Å². The molecule has 3 aromatic carbocycles. The molecule has 0 aliphatic rings. The number of ether oxygens (including phenoxy) is 3. The molecule has 190 valence electrons. The zero-order valence-corrected chi connectivity index (χ0v) is 21.3. The van der Waals surface area contributed by atoms with Crippen LogP contribution in [0.3, 0.4) is 0 Å². The van der Waals surface area contributed by atoms with Crippen LogP contribution in [0.4, 0.5) is 11.4 Å². The molecule has 0 aliphatic heterocycles. The number of nitrogens with zero attached hydrogens (tertiary/aromatic N) is 1. The van der Waals surface area contributed by atoms with Crippen LogP contribution in [0, 0.1) is 6.92 Å². The number of carbonyl (C=O) groups is 2. The summed E-state index contributed by atoms with van der Waals surface area (Å²) in [5.74, 6) is -0.532. The van der Waals surface area contributed by atoms with Crippen LogP contribution < -0.4 is 19.1 Å². The molecule has 3 rings (SSSR count). The van der Waals surface area contributed by atoms with E-state index in [1.54, 1.807) is 49.4 Å². The topological polar surface area (TPSA) is 111 Å². The predicted octanol–water partition coefficient (Wildman–Crippen LogP) is 4.02. The van der Waals surface area contributed by atoms with E-state index >= 15 is 0 Å². The average molecular weight is 513 g/mol. The van der Waals surface area contributed by atoms with Crippen LogP contribution in [0.1, 0.15) is 22.8 Å². The number of aryl methyl sites for hydroxylation is 1. The third-order valence-electron chi connectivity index (χ3n) is 5.21. The van der Waals surface area contributed by atoms with Crippen LogP contribution in [-0.2, 0) is 19.6 Å². The molecule has 10 heteroatoms. The van der Waals surface area contributed by atoms with Gasteiger partial charge in [0.2, 0.25) is 5.91 Å². The summed E-state index contributed by atoms with van der Waals surface area (Å²) in [5, 5.41) is 2.65. The number of amides is 1. The highest BCUT2D eigenvalue weighted by Gasteiger charge is 2.30. The fraction of sp³-hybridized carbons (Fsp3) is 0.231. The second-order valence-electron chi connectivity index (χ2n) is 7.71. The first-order chi connectivity index (χ1) is 17.2. The molecule has 1 amide bonds. The van der Waals surface area contributed by atoms with Crippen molar-refractivity contribution in [2.75, 3.05) is 37.0 Å². The highest BCUT2D eigenvalue weighted by molar-refractivity contribution is 7.92. The Morgan fingerprint density at radius 3 is 2.31 bits per heavy atom. The van der Waals surface area contributed by atoms with Gasteiger partial charge in [-0.2, -0.15) is 0 Å². The van der Waals surface area contributed by atoms with Gasteiger partial charge in [-0.05, 0) is 56.3 Å². The molecule has 1 N–H and O–H groups in total. The second kappa shape index (κ2) is 11.6. The maximum Gasteiger partial charge on any atom is 0.338 e. The van der Waals surface area contributed by atoms with Crippen molar-refractivity contribution in [1.29, 1.82) is 0 Å². The second-order valence-corrected chi connectivity index (χ2v) is 9.57. The van der Waals surface area contributed by atoms with Crippen molar-refractivity contribution >= 4 is 33.3 Å². The standard InChI is InChI=1S/C26H28N2O7S/c1-5-35-26(30)19-7-6-8-20(15-19)27-25(29)17-28(23-16-21(33-3)11-14-24(23)34-4)36(31,32)22-12-9-18(2)10-13-22/h6-16H,5,17H2,1-4H3,(H,27,29).